The lowest BCUT2D eigenvalue weighted by Gasteiger charge is -2.18. The van der Waals surface area contributed by atoms with E-state index in [1.54, 1.807) is 26.0 Å². The summed E-state index contributed by atoms with van der Waals surface area (Å²) in [7, 11) is -3.63. The number of anilines is 1. The molecule has 1 aromatic heterocycles. The Kier molecular flexibility index (Phi) is 6.27. The molecule has 0 fully saturated rings. The molecule has 0 aliphatic carbocycles. The van der Waals surface area contributed by atoms with Crippen molar-refractivity contribution in [2.75, 3.05) is 18.5 Å². The Balaban J connectivity index is 2.17. The van der Waals surface area contributed by atoms with Crippen LogP contribution in [0.3, 0.4) is 0 Å². The van der Waals surface area contributed by atoms with Gasteiger partial charge >= 0.3 is 0 Å². The van der Waals surface area contributed by atoms with Gasteiger partial charge in [0.1, 0.15) is 0 Å². The number of aryl methyl sites for hydroxylation is 2. The summed E-state index contributed by atoms with van der Waals surface area (Å²) in [6, 6.07) is 7.73. The zero-order valence-corrected chi connectivity index (χ0v) is 16.1. The predicted octanol–water partition coefficient (Wildman–Crippen LogP) is 1.88. The molecule has 0 aliphatic heterocycles. The number of nitrogens with one attached hydrogen (secondary N) is 2. The topological polar surface area (TPSA) is 104 Å². The molecule has 0 saturated heterocycles. The number of sulfonamides is 1. The van der Waals surface area contributed by atoms with Crippen LogP contribution in [0.4, 0.5) is 5.95 Å². The highest BCUT2D eigenvalue weighted by Crippen LogP contribution is 2.17. The maximum atomic E-state index is 12.6. The van der Waals surface area contributed by atoms with Gasteiger partial charge in [-0.05, 0) is 38.1 Å². The van der Waals surface area contributed by atoms with E-state index in [-0.39, 0.29) is 16.4 Å². The molecule has 0 radical (unpaired) electrons. The number of hydrogen-bond donors (Lipinski definition) is 2. The number of benzene rings is 1. The van der Waals surface area contributed by atoms with E-state index in [2.05, 4.69) is 20.8 Å². The molecule has 1 amide bonds. The third-order valence-electron chi connectivity index (χ3n) is 3.71. The molecule has 0 bridgehead atoms. The van der Waals surface area contributed by atoms with Gasteiger partial charge in [0.25, 0.3) is 5.91 Å². The van der Waals surface area contributed by atoms with E-state index < -0.39 is 15.9 Å². The lowest BCUT2D eigenvalue weighted by molar-refractivity contribution is 0.0962. The molecule has 0 unspecified atom stereocenters. The molecule has 9 heteroatoms. The largest absolute Gasteiger partial charge is 0.269 e. The number of rotatable bonds is 7. The molecule has 140 valence electrons. The van der Waals surface area contributed by atoms with E-state index >= 15 is 0 Å². The summed E-state index contributed by atoms with van der Waals surface area (Å²) in [4.78, 5) is 20.7. The normalized spacial score (nSPS) is 11.4. The van der Waals surface area contributed by atoms with Gasteiger partial charge < -0.3 is 0 Å². The van der Waals surface area contributed by atoms with E-state index in [0.29, 0.717) is 13.1 Å². The maximum absolute atomic E-state index is 12.6. The second-order valence-electron chi connectivity index (χ2n) is 5.67. The molecule has 26 heavy (non-hydrogen) atoms. The average molecular weight is 377 g/mol. The summed E-state index contributed by atoms with van der Waals surface area (Å²) in [5, 5.41) is 0. The summed E-state index contributed by atoms with van der Waals surface area (Å²) in [6.07, 6.45) is 0. The highest BCUT2D eigenvalue weighted by molar-refractivity contribution is 7.89. The van der Waals surface area contributed by atoms with Crippen molar-refractivity contribution in [3.8, 4) is 0 Å². The number of hydrogen-bond acceptors (Lipinski definition) is 6. The first kappa shape index (κ1) is 19.8. The van der Waals surface area contributed by atoms with Crippen molar-refractivity contribution < 1.29 is 13.2 Å². The number of carbonyl (C=O) groups is 1. The van der Waals surface area contributed by atoms with Gasteiger partial charge in [-0.1, -0.05) is 19.9 Å². The van der Waals surface area contributed by atoms with Gasteiger partial charge in [-0.15, -0.1) is 0 Å². The Morgan fingerprint density at radius 2 is 1.69 bits per heavy atom. The molecule has 1 aromatic carbocycles. The molecule has 8 nitrogen and oxygen atoms in total. The van der Waals surface area contributed by atoms with Crippen LogP contribution in [-0.2, 0) is 10.0 Å². The van der Waals surface area contributed by atoms with Crippen molar-refractivity contribution in [2.24, 2.45) is 0 Å². The van der Waals surface area contributed by atoms with Gasteiger partial charge in [0.05, 0.1) is 4.90 Å². The number of carbonyl (C=O) groups excluding carboxylic acids is 1. The van der Waals surface area contributed by atoms with Crippen molar-refractivity contribution in [1.29, 1.82) is 0 Å². The number of amides is 1. The van der Waals surface area contributed by atoms with Crippen LogP contribution >= 0.6 is 0 Å². The zero-order valence-electron chi connectivity index (χ0n) is 15.3. The third-order valence-corrected chi connectivity index (χ3v) is 5.76. The fourth-order valence-electron chi connectivity index (χ4n) is 2.48. The lowest BCUT2D eigenvalue weighted by atomic mass is 10.2. The van der Waals surface area contributed by atoms with Crippen LogP contribution in [0.2, 0.25) is 0 Å². The fraction of sp³-hybridized carbons (Fsp3) is 0.353. The first-order chi connectivity index (χ1) is 12.3. The second-order valence-corrected chi connectivity index (χ2v) is 7.61. The van der Waals surface area contributed by atoms with Crippen LogP contribution in [0, 0.1) is 13.8 Å². The Bertz CT molecular complexity index is 875. The SMILES string of the molecule is CCN(CC)S(=O)(=O)c1cccc(C(=O)NNc2nc(C)cc(C)n2)c1. The smallest absolute Gasteiger partial charge is 0.267 e. The van der Waals surface area contributed by atoms with Crippen LogP contribution in [0.1, 0.15) is 35.6 Å². The number of aromatic nitrogens is 2. The number of nitrogens with zero attached hydrogens (tertiary/aromatic N) is 3. The van der Waals surface area contributed by atoms with Crippen LogP contribution in [-0.4, -0.2) is 41.7 Å². The predicted molar refractivity (Wildman–Crippen MR) is 99.1 cm³/mol. The van der Waals surface area contributed by atoms with E-state index in [0.717, 1.165) is 11.4 Å². The third kappa shape index (κ3) is 4.55. The Hall–Kier alpha value is -2.52. The van der Waals surface area contributed by atoms with Crippen molar-refractivity contribution in [3.05, 3.63) is 47.3 Å². The molecule has 2 N–H and O–H groups in total. The maximum Gasteiger partial charge on any atom is 0.269 e. The van der Waals surface area contributed by atoms with E-state index in [4.69, 9.17) is 0 Å². The van der Waals surface area contributed by atoms with E-state index in [9.17, 15) is 13.2 Å². The Morgan fingerprint density at radius 1 is 1.08 bits per heavy atom. The minimum Gasteiger partial charge on any atom is -0.267 e. The summed E-state index contributed by atoms with van der Waals surface area (Å²) in [6.45, 7) is 7.91. The Morgan fingerprint density at radius 3 is 2.27 bits per heavy atom. The molecule has 1 heterocycles. The molecule has 2 rings (SSSR count). The monoisotopic (exact) mass is 377 g/mol. The van der Waals surface area contributed by atoms with Gasteiger partial charge in [0, 0.05) is 30.0 Å². The zero-order chi connectivity index (χ0) is 19.3. The lowest BCUT2D eigenvalue weighted by Crippen LogP contribution is -2.32. The molecule has 0 atom stereocenters. The highest BCUT2D eigenvalue weighted by atomic mass is 32.2. The molecule has 0 saturated carbocycles. The fourth-order valence-corrected chi connectivity index (χ4v) is 3.98. The molecule has 0 spiro atoms. The summed E-state index contributed by atoms with van der Waals surface area (Å²) in [5.41, 5.74) is 6.88. The average Bonchev–Trinajstić information content (AvgIpc) is 2.60. The summed E-state index contributed by atoms with van der Waals surface area (Å²) >= 11 is 0. The minimum atomic E-state index is -3.63. The molecule has 2 aromatic rings. The first-order valence-electron chi connectivity index (χ1n) is 8.26. The second kappa shape index (κ2) is 8.24. The Labute approximate surface area is 153 Å². The summed E-state index contributed by atoms with van der Waals surface area (Å²) in [5.74, 6) is -0.216. The van der Waals surface area contributed by atoms with E-state index in [1.807, 2.05) is 19.9 Å². The minimum absolute atomic E-state index is 0.0801. The summed E-state index contributed by atoms with van der Waals surface area (Å²) < 4.78 is 26.5. The molecular weight excluding hydrogens is 354 g/mol. The van der Waals surface area contributed by atoms with Crippen molar-refractivity contribution in [2.45, 2.75) is 32.6 Å². The van der Waals surface area contributed by atoms with Crippen LogP contribution < -0.4 is 10.9 Å². The van der Waals surface area contributed by atoms with Crippen molar-refractivity contribution in [3.63, 3.8) is 0 Å². The van der Waals surface area contributed by atoms with E-state index in [1.165, 1.54) is 16.4 Å². The molecule has 0 aliphatic rings. The number of hydrazine groups is 1. The first-order valence-corrected chi connectivity index (χ1v) is 9.70. The van der Waals surface area contributed by atoms with Gasteiger partial charge in [0.15, 0.2) is 0 Å². The van der Waals surface area contributed by atoms with Crippen LogP contribution in [0.15, 0.2) is 35.2 Å². The van der Waals surface area contributed by atoms with Gasteiger partial charge in [-0.25, -0.2) is 18.4 Å². The van der Waals surface area contributed by atoms with Crippen LogP contribution in [0.5, 0.6) is 0 Å². The van der Waals surface area contributed by atoms with Crippen molar-refractivity contribution in [1.82, 2.24) is 19.7 Å². The van der Waals surface area contributed by atoms with Gasteiger partial charge in [-0.2, -0.15) is 4.31 Å². The van der Waals surface area contributed by atoms with Crippen LogP contribution in [0.25, 0.3) is 0 Å². The van der Waals surface area contributed by atoms with Gasteiger partial charge in [-0.3, -0.25) is 15.6 Å². The standard InChI is InChI=1S/C17H23N5O3S/c1-5-22(6-2)26(24,25)15-9-7-8-14(11-15)16(23)20-21-17-18-12(3)10-13(4)19-17/h7-11H,5-6H2,1-4H3,(H,20,23)(H,18,19,21). The highest BCUT2D eigenvalue weighted by Gasteiger charge is 2.22. The van der Waals surface area contributed by atoms with Crippen molar-refractivity contribution >= 4 is 21.9 Å². The van der Waals surface area contributed by atoms with Gasteiger partial charge in [0.2, 0.25) is 16.0 Å². The quantitative estimate of drug-likeness (QED) is 0.714. The molecular formula is C17H23N5O3S.